The highest BCUT2D eigenvalue weighted by molar-refractivity contribution is 7.14. The predicted molar refractivity (Wildman–Crippen MR) is 73.9 cm³/mol. The van der Waals surface area contributed by atoms with E-state index in [1.807, 2.05) is 6.92 Å². The summed E-state index contributed by atoms with van der Waals surface area (Å²) in [5.74, 6) is 4.89. The molecule has 2 amide bonds. The van der Waals surface area contributed by atoms with Crippen LogP contribution in [0.4, 0.5) is 0 Å². The van der Waals surface area contributed by atoms with Gasteiger partial charge in [-0.1, -0.05) is 11.8 Å². The van der Waals surface area contributed by atoms with E-state index in [4.69, 9.17) is 5.11 Å². The Balaban J connectivity index is 2.80. The van der Waals surface area contributed by atoms with Gasteiger partial charge in [0.1, 0.15) is 6.61 Å². The molecule has 2 N–H and O–H groups in total. The first-order valence-corrected chi connectivity index (χ1v) is 6.63. The first-order chi connectivity index (χ1) is 9.12. The van der Waals surface area contributed by atoms with Crippen molar-refractivity contribution < 1.29 is 14.7 Å². The smallest absolute Gasteiger partial charge is 0.264 e. The highest BCUT2D eigenvalue weighted by Gasteiger charge is 2.18. The summed E-state index contributed by atoms with van der Waals surface area (Å²) in [6, 6.07) is 3.41. The van der Waals surface area contributed by atoms with Crippen LogP contribution in [0.25, 0.3) is 0 Å². The summed E-state index contributed by atoms with van der Waals surface area (Å²) in [6.45, 7) is 2.11. The molecule has 0 spiro atoms. The molecule has 0 aromatic carbocycles. The maximum absolute atomic E-state index is 12.2. The lowest BCUT2D eigenvalue weighted by Gasteiger charge is -2.18. The molecule has 0 saturated carbocycles. The minimum absolute atomic E-state index is 0.0430. The molecule has 0 bridgehead atoms. The van der Waals surface area contributed by atoms with Crippen molar-refractivity contribution in [2.24, 2.45) is 0 Å². The fourth-order valence-corrected chi connectivity index (χ4v) is 2.23. The summed E-state index contributed by atoms with van der Waals surface area (Å²) < 4.78 is 0. The summed E-state index contributed by atoms with van der Waals surface area (Å²) in [5.41, 5.74) is 0. The third kappa shape index (κ3) is 4.39. The number of rotatable bonds is 4. The van der Waals surface area contributed by atoms with Gasteiger partial charge in [0.2, 0.25) is 5.91 Å². The predicted octanol–water partition coefficient (Wildman–Crippen LogP) is 0.300. The molecule has 0 unspecified atom stereocenters. The van der Waals surface area contributed by atoms with E-state index in [0.717, 1.165) is 0 Å². The van der Waals surface area contributed by atoms with Crippen molar-refractivity contribution in [1.29, 1.82) is 0 Å². The molecular weight excluding hydrogens is 264 g/mol. The molecule has 1 aromatic heterocycles. The van der Waals surface area contributed by atoms with Crippen LogP contribution in [0.2, 0.25) is 0 Å². The SMILES string of the molecule is CCN(CC(=O)NC)C(=O)c1ccc(C#CCO)s1. The maximum Gasteiger partial charge on any atom is 0.264 e. The summed E-state index contributed by atoms with van der Waals surface area (Å²) in [5, 5.41) is 11.1. The van der Waals surface area contributed by atoms with Crippen LogP contribution in [0.5, 0.6) is 0 Å². The fraction of sp³-hybridized carbons (Fsp3) is 0.385. The Morgan fingerprint density at radius 2 is 2.21 bits per heavy atom. The van der Waals surface area contributed by atoms with Gasteiger partial charge in [0.05, 0.1) is 16.3 Å². The van der Waals surface area contributed by atoms with E-state index in [0.29, 0.717) is 16.3 Å². The van der Waals surface area contributed by atoms with E-state index in [1.54, 1.807) is 12.1 Å². The quantitative estimate of drug-likeness (QED) is 0.779. The molecule has 0 aliphatic carbocycles. The highest BCUT2D eigenvalue weighted by Crippen LogP contribution is 2.17. The van der Waals surface area contributed by atoms with Crippen LogP contribution in [0.1, 0.15) is 21.5 Å². The standard InChI is InChI=1S/C13H16N2O3S/c1-3-15(9-12(17)14-2)13(18)11-7-6-10(19-11)5-4-8-16/h6-7,16H,3,8-9H2,1-2H3,(H,14,17). The number of hydrogen-bond acceptors (Lipinski definition) is 4. The molecule has 0 atom stereocenters. The van der Waals surface area contributed by atoms with Gasteiger partial charge in [-0.2, -0.15) is 0 Å². The molecule has 0 saturated heterocycles. The number of nitrogens with zero attached hydrogens (tertiary/aromatic N) is 1. The van der Waals surface area contributed by atoms with Crippen molar-refractivity contribution in [3.8, 4) is 11.8 Å². The average molecular weight is 280 g/mol. The molecule has 5 nitrogen and oxygen atoms in total. The Hall–Kier alpha value is -1.84. The third-order valence-corrected chi connectivity index (χ3v) is 3.38. The Kier molecular flexibility index (Phi) is 6.06. The minimum Gasteiger partial charge on any atom is -0.384 e. The molecule has 0 radical (unpaired) electrons. The van der Waals surface area contributed by atoms with E-state index in [1.165, 1.54) is 23.3 Å². The van der Waals surface area contributed by atoms with E-state index < -0.39 is 0 Å². The zero-order valence-electron chi connectivity index (χ0n) is 10.9. The largest absolute Gasteiger partial charge is 0.384 e. The lowest BCUT2D eigenvalue weighted by atomic mass is 10.3. The Morgan fingerprint density at radius 1 is 1.47 bits per heavy atom. The van der Waals surface area contributed by atoms with Gasteiger partial charge in [-0.25, -0.2) is 0 Å². The van der Waals surface area contributed by atoms with Crippen molar-refractivity contribution >= 4 is 23.2 Å². The number of thiophene rings is 1. The second kappa shape index (κ2) is 7.56. The van der Waals surface area contributed by atoms with Crippen LogP contribution < -0.4 is 5.32 Å². The number of aliphatic hydroxyl groups excluding tert-OH is 1. The van der Waals surface area contributed by atoms with E-state index in [2.05, 4.69) is 17.2 Å². The monoisotopic (exact) mass is 280 g/mol. The number of likely N-dealkylation sites (N-methyl/N-ethyl adjacent to an activating group) is 2. The highest BCUT2D eigenvalue weighted by atomic mass is 32.1. The number of carbonyl (C=O) groups is 2. The van der Waals surface area contributed by atoms with Gasteiger partial charge >= 0.3 is 0 Å². The summed E-state index contributed by atoms with van der Waals surface area (Å²) in [4.78, 5) is 26.2. The van der Waals surface area contributed by atoms with E-state index in [-0.39, 0.29) is 25.0 Å². The normalized spacial score (nSPS) is 9.42. The van der Waals surface area contributed by atoms with Crippen molar-refractivity contribution in [2.75, 3.05) is 26.7 Å². The summed E-state index contributed by atoms with van der Waals surface area (Å²) in [6.07, 6.45) is 0. The average Bonchev–Trinajstić information content (AvgIpc) is 2.90. The molecule has 0 aliphatic rings. The van der Waals surface area contributed by atoms with Gasteiger partial charge < -0.3 is 15.3 Å². The fourth-order valence-electron chi connectivity index (χ4n) is 1.38. The third-order valence-electron chi connectivity index (χ3n) is 2.39. The van der Waals surface area contributed by atoms with Crippen LogP contribution in [0, 0.1) is 11.8 Å². The molecule has 1 aromatic rings. The minimum atomic E-state index is -0.209. The van der Waals surface area contributed by atoms with Crippen molar-refractivity contribution in [2.45, 2.75) is 6.92 Å². The number of amides is 2. The van der Waals surface area contributed by atoms with Gasteiger partial charge in [-0.15, -0.1) is 11.3 Å². The molecule has 0 fully saturated rings. The van der Waals surface area contributed by atoms with Crippen LogP contribution in [-0.4, -0.2) is 48.6 Å². The first-order valence-electron chi connectivity index (χ1n) is 5.81. The molecule has 102 valence electrons. The number of aliphatic hydroxyl groups is 1. The maximum atomic E-state index is 12.2. The van der Waals surface area contributed by atoms with E-state index >= 15 is 0 Å². The molecular formula is C13H16N2O3S. The summed E-state index contributed by atoms with van der Waals surface area (Å²) in [7, 11) is 1.54. The van der Waals surface area contributed by atoms with Crippen LogP contribution in [0.15, 0.2) is 12.1 Å². The second-order valence-electron chi connectivity index (χ2n) is 3.62. The van der Waals surface area contributed by atoms with Crippen LogP contribution in [0.3, 0.4) is 0 Å². The van der Waals surface area contributed by atoms with Crippen molar-refractivity contribution in [3.63, 3.8) is 0 Å². The Labute approximate surface area is 116 Å². The molecule has 19 heavy (non-hydrogen) atoms. The summed E-state index contributed by atoms with van der Waals surface area (Å²) >= 11 is 1.25. The topological polar surface area (TPSA) is 69.6 Å². The number of hydrogen-bond donors (Lipinski definition) is 2. The zero-order valence-corrected chi connectivity index (χ0v) is 11.7. The van der Waals surface area contributed by atoms with Gasteiger partial charge in [0.15, 0.2) is 0 Å². The van der Waals surface area contributed by atoms with Gasteiger partial charge in [0.25, 0.3) is 5.91 Å². The first kappa shape index (κ1) is 15.2. The second-order valence-corrected chi connectivity index (χ2v) is 4.70. The van der Waals surface area contributed by atoms with Gasteiger partial charge in [-0.05, 0) is 19.1 Å². The Morgan fingerprint density at radius 3 is 2.79 bits per heavy atom. The van der Waals surface area contributed by atoms with Gasteiger partial charge in [-0.3, -0.25) is 9.59 Å². The van der Waals surface area contributed by atoms with Crippen LogP contribution in [-0.2, 0) is 4.79 Å². The van der Waals surface area contributed by atoms with Crippen molar-refractivity contribution in [3.05, 3.63) is 21.9 Å². The Bertz CT molecular complexity index is 513. The number of nitrogens with one attached hydrogen (secondary N) is 1. The lowest BCUT2D eigenvalue weighted by molar-refractivity contribution is -0.121. The number of carbonyl (C=O) groups excluding carboxylic acids is 2. The zero-order chi connectivity index (χ0) is 14.3. The molecule has 6 heteroatoms. The molecule has 1 rings (SSSR count). The van der Waals surface area contributed by atoms with Gasteiger partial charge in [0, 0.05) is 13.6 Å². The molecule has 1 heterocycles. The lowest BCUT2D eigenvalue weighted by Crippen LogP contribution is -2.39. The van der Waals surface area contributed by atoms with Crippen molar-refractivity contribution in [1.82, 2.24) is 10.2 Å². The molecule has 0 aliphatic heterocycles. The van der Waals surface area contributed by atoms with Crippen LogP contribution >= 0.6 is 11.3 Å². The van der Waals surface area contributed by atoms with E-state index in [9.17, 15) is 9.59 Å².